The second kappa shape index (κ2) is 7.68. The number of para-hydroxylation sites is 1. The van der Waals surface area contributed by atoms with Crippen molar-refractivity contribution in [1.29, 1.82) is 0 Å². The van der Waals surface area contributed by atoms with Crippen LogP contribution in [0, 0.1) is 0 Å². The Morgan fingerprint density at radius 1 is 0.852 bits per heavy atom. The lowest BCUT2D eigenvalue weighted by Gasteiger charge is -2.15. The summed E-state index contributed by atoms with van der Waals surface area (Å²) in [4.78, 5) is 23.2. The third-order valence-corrected chi connectivity index (χ3v) is 3.44. The predicted octanol–water partition coefficient (Wildman–Crippen LogP) is 4.14. The maximum Gasteiger partial charge on any atom is 0.471 e. The van der Waals surface area contributed by atoms with E-state index in [9.17, 15) is 35.9 Å². The quantitative estimate of drug-likeness (QED) is 0.772. The first kappa shape index (κ1) is 20.3. The molecule has 0 aliphatic rings. The zero-order chi connectivity index (χ0) is 20.2. The minimum absolute atomic E-state index is 0.0907. The van der Waals surface area contributed by atoms with Crippen molar-refractivity contribution in [2.45, 2.75) is 18.9 Å². The van der Waals surface area contributed by atoms with E-state index in [4.69, 9.17) is 0 Å². The number of alkyl halides is 6. The van der Waals surface area contributed by atoms with Crippen LogP contribution in [0.4, 0.5) is 32.0 Å². The molecule has 2 aromatic rings. The minimum atomic E-state index is -5.11. The molecule has 0 bridgehead atoms. The number of carbonyl (C=O) groups excluding carboxylic acids is 2. The zero-order valence-electron chi connectivity index (χ0n) is 13.4. The van der Waals surface area contributed by atoms with Gasteiger partial charge < -0.3 is 10.6 Å². The SMILES string of the molecule is O=C(NCc1ccccc1NC(=O)C(F)(F)F)c1ccccc1C(F)(F)F. The maximum atomic E-state index is 13.0. The predicted molar refractivity (Wildman–Crippen MR) is 83.7 cm³/mol. The average Bonchev–Trinajstić information content (AvgIpc) is 2.59. The molecule has 2 N–H and O–H groups in total. The Morgan fingerprint density at radius 3 is 2.07 bits per heavy atom. The van der Waals surface area contributed by atoms with Gasteiger partial charge in [0.2, 0.25) is 0 Å². The maximum absolute atomic E-state index is 13.0. The van der Waals surface area contributed by atoms with Crippen LogP contribution in [0.3, 0.4) is 0 Å². The summed E-state index contributed by atoms with van der Waals surface area (Å²) >= 11 is 0. The lowest BCUT2D eigenvalue weighted by molar-refractivity contribution is -0.167. The van der Waals surface area contributed by atoms with Crippen molar-refractivity contribution in [3.63, 3.8) is 0 Å². The molecule has 27 heavy (non-hydrogen) atoms. The number of halogens is 6. The van der Waals surface area contributed by atoms with Crippen molar-refractivity contribution in [3.8, 4) is 0 Å². The van der Waals surface area contributed by atoms with Crippen molar-refractivity contribution in [1.82, 2.24) is 5.32 Å². The van der Waals surface area contributed by atoms with Gasteiger partial charge in [-0.05, 0) is 23.8 Å². The summed E-state index contributed by atoms with van der Waals surface area (Å²) in [7, 11) is 0. The molecule has 144 valence electrons. The molecule has 0 aliphatic heterocycles. The molecule has 0 radical (unpaired) electrons. The molecule has 0 aromatic heterocycles. The van der Waals surface area contributed by atoms with Crippen LogP contribution in [0.15, 0.2) is 48.5 Å². The summed E-state index contributed by atoms with van der Waals surface area (Å²) in [5.41, 5.74) is -1.89. The Morgan fingerprint density at radius 2 is 1.44 bits per heavy atom. The van der Waals surface area contributed by atoms with Crippen LogP contribution in [0.1, 0.15) is 21.5 Å². The van der Waals surface area contributed by atoms with Gasteiger partial charge in [-0.3, -0.25) is 9.59 Å². The van der Waals surface area contributed by atoms with Gasteiger partial charge >= 0.3 is 18.3 Å². The lowest BCUT2D eigenvalue weighted by atomic mass is 10.1. The summed E-state index contributed by atoms with van der Waals surface area (Å²) in [6, 6.07) is 9.40. The Hall–Kier alpha value is -3.04. The zero-order valence-corrected chi connectivity index (χ0v) is 13.4. The van der Waals surface area contributed by atoms with E-state index in [-0.39, 0.29) is 17.8 Å². The molecule has 0 aliphatic carbocycles. The third kappa shape index (κ3) is 5.22. The highest BCUT2D eigenvalue weighted by atomic mass is 19.4. The van der Waals surface area contributed by atoms with Gasteiger partial charge in [-0.1, -0.05) is 30.3 Å². The molecule has 0 heterocycles. The molecule has 2 aromatic carbocycles. The average molecular weight is 390 g/mol. The van der Waals surface area contributed by atoms with Crippen LogP contribution in [-0.2, 0) is 17.5 Å². The molecule has 10 heteroatoms. The van der Waals surface area contributed by atoms with Crippen LogP contribution in [0.2, 0.25) is 0 Å². The van der Waals surface area contributed by atoms with Gasteiger partial charge in [0.15, 0.2) is 0 Å². The Bertz CT molecular complexity index is 846. The summed E-state index contributed by atoms with van der Waals surface area (Å²) in [6.07, 6.45) is -9.85. The van der Waals surface area contributed by atoms with E-state index < -0.39 is 35.3 Å². The van der Waals surface area contributed by atoms with Gasteiger partial charge in [0.1, 0.15) is 0 Å². The fraction of sp³-hybridized carbons (Fsp3) is 0.176. The molecule has 0 atom stereocenters. The molecule has 0 fully saturated rings. The van der Waals surface area contributed by atoms with Crippen LogP contribution < -0.4 is 10.6 Å². The lowest BCUT2D eigenvalue weighted by Crippen LogP contribution is -2.31. The van der Waals surface area contributed by atoms with E-state index in [1.165, 1.54) is 30.3 Å². The topological polar surface area (TPSA) is 58.2 Å². The fourth-order valence-electron chi connectivity index (χ4n) is 2.19. The number of benzene rings is 2. The molecule has 0 saturated heterocycles. The number of hydrogen-bond donors (Lipinski definition) is 2. The van der Waals surface area contributed by atoms with Crippen LogP contribution in [-0.4, -0.2) is 18.0 Å². The first-order chi connectivity index (χ1) is 12.5. The van der Waals surface area contributed by atoms with E-state index in [2.05, 4.69) is 5.32 Å². The standard InChI is InChI=1S/C17H12F6N2O2/c18-16(19,20)12-7-3-2-6-11(12)14(26)24-9-10-5-1-4-8-13(10)25-15(27)17(21,22)23/h1-8H,9H2,(H,24,26)(H,25,27). The minimum Gasteiger partial charge on any atom is -0.348 e. The van der Waals surface area contributed by atoms with E-state index in [1.54, 1.807) is 5.32 Å². The Balaban J connectivity index is 2.17. The highest BCUT2D eigenvalue weighted by Gasteiger charge is 2.39. The molecule has 2 rings (SSSR count). The van der Waals surface area contributed by atoms with Crippen molar-refractivity contribution < 1.29 is 35.9 Å². The van der Waals surface area contributed by atoms with E-state index >= 15 is 0 Å². The second-order valence-corrected chi connectivity index (χ2v) is 5.34. The molecule has 0 saturated carbocycles. The van der Waals surface area contributed by atoms with Crippen molar-refractivity contribution in [3.05, 3.63) is 65.2 Å². The molecule has 4 nitrogen and oxygen atoms in total. The van der Waals surface area contributed by atoms with Crippen LogP contribution >= 0.6 is 0 Å². The first-order valence-electron chi connectivity index (χ1n) is 7.40. The Labute approximate surface area is 149 Å². The van der Waals surface area contributed by atoms with Crippen molar-refractivity contribution in [2.24, 2.45) is 0 Å². The Kier molecular flexibility index (Phi) is 5.77. The second-order valence-electron chi connectivity index (χ2n) is 5.34. The van der Waals surface area contributed by atoms with Gasteiger partial charge in [0.25, 0.3) is 5.91 Å². The third-order valence-electron chi connectivity index (χ3n) is 3.44. The van der Waals surface area contributed by atoms with E-state index in [0.717, 1.165) is 18.2 Å². The van der Waals surface area contributed by atoms with E-state index in [0.29, 0.717) is 0 Å². The highest BCUT2D eigenvalue weighted by molar-refractivity contribution is 5.97. The number of nitrogens with one attached hydrogen (secondary N) is 2. The van der Waals surface area contributed by atoms with Crippen molar-refractivity contribution in [2.75, 3.05) is 5.32 Å². The van der Waals surface area contributed by atoms with Crippen LogP contribution in [0.25, 0.3) is 0 Å². The molecular weight excluding hydrogens is 378 g/mol. The summed E-state index contributed by atoms with van der Waals surface area (Å²) in [6.45, 7) is -0.390. The highest BCUT2D eigenvalue weighted by Crippen LogP contribution is 2.31. The van der Waals surface area contributed by atoms with Gasteiger partial charge in [-0.15, -0.1) is 0 Å². The van der Waals surface area contributed by atoms with Gasteiger partial charge in [0.05, 0.1) is 11.1 Å². The van der Waals surface area contributed by atoms with Gasteiger partial charge in [-0.25, -0.2) is 0 Å². The normalized spacial score (nSPS) is 11.8. The number of anilines is 1. The van der Waals surface area contributed by atoms with Crippen molar-refractivity contribution >= 4 is 17.5 Å². The monoisotopic (exact) mass is 390 g/mol. The summed E-state index contributed by atoms with van der Waals surface area (Å²) in [5, 5.41) is 3.86. The summed E-state index contributed by atoms with van der Waals surface area (Å²) in [5.74, 6) is -3.26. The number of hydrogen-bond acceptors (Lipinski definition) is 2. The van der Waals surface area contributed by atoms with Crippen LogP contribution in [0.5, 0.6) is 0 Å². The van der Waals surface area contributed by atoms with Gasteiger partial charge in [0, 0.05) is 12.2 Å². The molecule has 0 unspecified atom stereocenters. The van der Waals surface area contributed by atoms with Gasteiger partial charge in [-0.2, -0.15) is 26.3 Å². The first-order valence-corrected chi connectivity index (χ1v) is 7.40. The largest absolute Gasteiger partial charge is 0.471 e. The number of carbonyl (C=O) groups is 2. The van der Waals surface area contributed by atoms with E-state index in [1.807, 2.05) is 0 Å². The number of amides is 2. The molecule has 2 amide bonds. The fourth-order valence-corrected chi connectivity index (χ4v) is 2.19. The molecule has 0 spiro atoms. The smallest absolute Gasteiger partial charge is 0.348 e. The molecular formula is C17H12F6N2O2. The number of rotatable bonds is 4. The summed E-state index contributed by atoms with van der Waals surface area (Å²) < 4.78 is 76.0.